The number of aromatic nitrogens is 4. The molecule has 0 bridgehead atoms. The van der Waals surface area contributed by atoms with E-state index >= 15 is 0 Å². The summed E-state index contributed by atoms with van der Waals surface area (Å²) >= 11 is 0. The fraction of sp³-hybridized carbons (Fsp3) is 0. The smallest absolute Gasteiger partial charge is 0.251 e. The maximum absolute atomic E-state index is 10.8. The summed E-state index contributed by atoms with van der Waals surface area (Å²) in [4.78, 5) is 10.3. The average molecular weight is 151 g/mol. The first-order valence-electron chi connectivity index (χ1n) is 2.96. The van der Waals surface area contributed by atoms with E-state index in [1.165, 1.54) is 6.33 Å². The second-order valence-electron chi connectivity index (χ2n) is 2.06. The Morgan fingerprint density at radius 3 is 3.18 bits per heavy atom. The molecule has 2 heterocycles. The van der Waals surface area contributed by atoms with Crippen molar-refractivity contribution in [1.29, 1.82) is 0 Å². The van der Waals surface area contributed by atoms with Crippen molar-refractivity contribution >= 4 is 17.0 Å². The molecule has 0 unspecified atom stereocenters. The van der Waals surface area contributed by atoms with Crippen LogP contribution in [0.5, 0.6) is 0 Å². The van der Waals surface area contributed by atoms with Crippen molar-refractivity contribution < 1.29 is 4.73 Å². The first-order valence-corrected chi connectivity index (χ1v) is 2.96. The van der Waals surface area contributed by atoms with Gasteiger partial charge < -0.3 is 15.9 Å². The van der Waals surface area contributed by atoms with E-state index in [1.54, 1.807) is 0 Å². The lowest BCUT2D eigenvalue weighted by Gasteiger charge is -2.02. The van der Waals surface area contributed by atoms with Crippen LogP contribution in [0.15, 0.2) is 12.7 Å². The van der Waals surface area contributed by atoms with Gasteiger partial charge in [-0.25, -0.2) is 9.71 Å². The van der Waals surface area contributed by atoms with E-state index in [0.717, 1.165) is 6.33 Å². The molecule has 0 aromatic carbocycles. The number of imidazole rings is 1. The number of hydrogen-bond donors (Lipinski definition) is 2. The molecule has 6 heteroatoms. The molecule has 0 fully saturated rings. The zero-order valence-corrected chi connectivity index (χ0v) is 5.48. The van der Waals surface area contributed by atoms with Gasteiger partial charge in [-0.15, -0.1) is 0 Å². The molecule has 0 aliphatic carbocycles. The van der Waals surface area contributed by atoms with E-state index in [-0.39, 0.29) is 5.82 Å². The number of nitrogens with two attached hydrogens (primary N) is 1. The lowest BCUT2D eigenvalue weighted by atomic mass is 10.5. The fourth-order valence-electron chi connectivity index (χ4n) is 0.850. The number of rotatable bonds is 0. The molecule has 0 amide bonds. The monoisotopic (exact) mass is 151 g/mol. The van der Waals surface area contributed by atoms with Crippen LogP contribution in [-0.2, 0) is 0 Å². The minimum atomic E-state index is 0.0660. The molecule has 2 aromatic heterocycles. The highest BCUT2D eigenvalue weighted by molar-refractivity contribution is 5.78. The Labute approximate surface area is 61.3 Å². The van der Waals surface area contributed by atoms with Gasteiger partial charge in [-0.2, -0.15) is 0 Å². The van der Waals surface area contributed by atoms with Gasteiger partial charge in [0.05, 0.1) is 6.33 Å². The van der Waals surface area contributed by atoms with Crippen molar-refractivity contribution in [3.8, 4) is 0 Å². The van der Waals surface area contributed by atoms with E-state index in [4.69, 9.17) is 5.73 Å². The third-order valence-electron chi connectivity index (χ3n) is 1.39. The zero-order chi connectivity index (χ0) is 7.84. The molecule has 0 spiro atoms. The molecule has 0 saturated carbocycles. The molecule has 2 aromatic rings. The lowest BCUT2D eigenvalue weighted by Crippen LogP contribution is -2.30. The molecule has 0 aliphatic rings. The Balaban J connectivity index is 2.93. The molecule has 6 nitrogen and oxygen atoms in total. The van der Waals surface area contributed by atoms with Crippen LogP contribution in [-0.4, -0.2) is 15.0 Å². The van der Waals surface area contributed by atoms with E-state index in [0.29, 0.717) is 15.9 Å². The van der Waals surface area contributed by atoms with Gasteiger partial charge in [0.1, 0.15) is 0 Å². The standard InChI is InChI=1S/C5H5N5O/c6-4-3-5(8-1-7-3)9-2-10(4)11/h1-2H,6H2,(H,7,8,9). The predicted molar refractivity (Wildman–Crippen MR) is 37.3 cm³/mol. The van der Waals surface area contributed by atoms with Crippen LogP contribution in [0.25, 0.3) is 11.2 Å². The van der Waals surface area contributed by atoms with Crippen LogP contribution in [0.4, 0.5) is 5.82 Å². The largest absolute Gasteiger partial charge is 0.740 e. The first-order chi connectivity index (χ1) is 5.29. The molecule has 2 rings (SSSR count). The van der Waals surface area contributed by atoms with Gasteiger partial charge >= 0.3 is 0 Å². The lowest BCUT2D eigenvalue weighted by molar-refractivity contribution is -0.592. The number of hydrogen-bond acceptors (Lipinski definition) is 4. The molecule has 3 N–H and O–H groups in total. The number of nitrogen functional groups attached to an aromatic ring is 1. The third kappa shape index (κ3) is 0.689. The number of H-pyrrole nitrogens is 1. The molecular formula is C5H5N5O. The molecule has 56 valence electrons. The van der Waals surface area contributed by atoms with Gasteiger partial charge in [-0.3, -0.25) is 0 Å². The highest BCUT2D eigenvalue weighted by Gasteiger charge is 2.07. The second-order valence-corrected chi connectivity index (χ2v) is 2.06. The molecule has 0 saturated heterocycles. The minimum Gasteiger partial charge on any atom is -0.740 e. The number of nitrogens with one attached hydrogen (secondary N) is 1. The van der Waals surface area contributed by atoms with Crippen molar-refractivity contribution in [1.82, 2.24) is 15.0 Å². The van der Waals surface area contributed by atoms with E-state index < -0.39 is 0 Å². The number of fused-ring (bicyclic) bond motifs is 1. The van der Waals surface area contributed by atoms with Crippen LogP contribution < -0.4 is 10.5 Å². The van der Waals surface area contributed by atoms with Gasteiger partial charge in [0.2, 0.25) is 12.0 Å². The summed E-state index contributed by atoms with van der Waals surface area (Å²) in [5.74, 6) is 0.0660. The Morgan fingerprint density at radius 2 is 2.36 bits per heavy atom. The van der Waals surface area contributed by atoms with Crippen molar-refractivity contribution in [2.24, 2.45) is 0 Å². The highest BCUT2D eigenvalue weighted by Crippen LogP contribution is 2.07. The van der Waals surface area contributed by atoms with Crippen molar-refractivity contribution in [2.75, 3.05) is 5.73 Å². The van der Waals surface area contributed by atoms with Crippen LogP contribution in [0.1, 0.15) is 0 Å². The quantitative estimate of drug-likeness (QED) is 0.379. The summed E-state index contributed by atoms with van der Waals surface area (Å²) in [6.07, 6.45) is 2.53. The Bertz CT molecular complexity index is 395. The fourth-order valence-corrected chi connectivity index (χ4v) is 0.850. The normalized spacial score (nSPS) is 10.5. The summed E-state index contributed by atoms with van der Waals surface area (Å²) in [6.45, 7) is 0. The predicted octanol–water partition coefficient (Wildman–Crippen LogP) is -0.826. The second kappa shape index (κ2) is 1.82. The van der Waals surface area contributed by atoms with Gasteiger partial charge in [-0.05, 0) is 0 Å². The maximum atomic E-state index is 10.8. The van der Waals surface area contributed by atoms with Crippen LogP contribution in [0.3, 0.4) is 0 Å². The van der Waals surface area contributed by atoms with E-state index in [1.807, 2.05) is 0 Å². The summed E-state index contributed by atoms with van der Waals surface area (Å²) in [5, 5.41) is 10.8. The Morgan fingerprint density at radius 1 is 1.55 bits per heavy atom. The molecule has 0 radical (unpaired) electrons. The molecule has 0 aliphatic heterocycles. The number of nitrogens with zero attached hydrogens (tertiary/aromatic N) is 3. The zero-order valence-electron chi connectivity index (χ0n) is 5.48. The molecular weight excluding hydrogens is 146 g/mol. The summed E-state index contributed by atoms with van der Waals surface area (Å²) in [6, 6.07) is 0. The van der Waals surface area contributed by atoms with Crippen LogP contribution in [0, 0.1) is 5.21 Å². The Kier molecular flexibility index (Phi) is 0.974. The average Bonchev–Trinajstić information content (AvgIpc) is 2.45. The van der Waals surface area contributed by atoms with E-state index in [2.05, 4.69) is 15.0 Å². The molecule has 0 atom stereocenters. The number of anilines is 1. The van der Waals surface area contributed by atoms with Gasteiger partial charge in [0.15, 0.2) is 5.52 Å². The topological polar surface area (TPSA) is 94.5 Å². The van der Waals surface area contributed by atoms with Crippen molar-refractivity contribution in [3.05, 3.63) is 17.9 Å². The minimum absolute atomic E-state index is 0.0660. The maximum Gasteiger partial charge on any atom is 0.251 e. The Hall–Kier alpha value is -1.85. The van der Waals surface area contributed by atoms with Gasteiger partial charge in [0.25, 0.3) is 5.82 Å². The number of aromatic amines is 1. The van der Waals surface area contributed by atoms with Gasteiger partial charge in [-0.1, -0.05) is 4.98 Å². The summed E-state index contributed by atoms with van der Waals surface area (Å²) < 4.78 is 0.475. The summed E-state index contributed by atoms with van der Waals surface area (Å²) in [7, 11) is 0. The summed E-state index contributed by atoms with van der Waals surface area (Å²) in [5.41, 5.74) is 6.32. The van der Waals surface area contributed by atoms with Crippen molar-refractivity contribution in [2.45, 2.75) is 0 Å². The van der Waals surface area contributed by atoms with Crippen LogP contribution >= 0.6 is 0 Å². The highest BCUT2D eigenvalue weighted by atomic mass is 16.5. The first kappa shape index (κ1) is 5.90. The van der Waals surface area contributed by atoms with E-state index in [9.17, 15) is 5.21 Å². The molecule has 11 heavy (non-hydrogen) atoms. The third-order valence-corrected chi connectivity index (χ3v) is 1.39. The van der Waals surface area contributed by atoms with Crippen molar-refractivity contribution in [3.63, 3.8) is 0 Å². The SMILES string of the molecule is Nc1c2nc[nH]c2nc[n+]1[O-]. The van der Waals surface area contributed by atoms with Gasteiger partial charge in [0, 0.05) is 0 Å². The van der Waals surface area contributed by atoms with Crippen LogP contribution in [0.2, 0.25) is 0 Å².